The van der Waals surface area contributed by atoms with Gasteiger partial charge in [0.2, 0.25) is 0 Å². The molecule has 1 nitrogen and oxygen atoms in total. The molecule has 0 unspecified atom stereocenters. The second-order valence-electron chi connectivity index (χ2n) is 4.02. The largest absolute Gasteiger partial charge is 0.309 e. The van der Waals surface area contributed by atoms with E-state index < -0.39 is 0 Å². The van der Waals surface area contributed by atoms with Crippen LogP contribution in [0.5, 0.6) is 0 Å². The number of fused-ring (bicyclic) bond motifs is 1. The molecule has 1 N–H and O–H groups in total. The van der Waals surface area contributed by atoms with Gasteiger partial charge in [0.25, 0.3) is 0 Å². The first-order valence-electron chi connectivity index (χ1n) is 5.23. The fourth-order valence-electron chi connectivity index (χ4n) is 1.70. The second-order valence-corrected chi connectivity index (χ2v) is 5.19. The van der Waals surface area contributed by atoms with Crippen LogP contribution in [0.15, 0.2) is 24.3 Å². The topological polar surface area (TPSA) is 12.0 Å². The van der Waals surface area contributed by atoms with Gasteiger partial charge in [-0.25, -0.2) is 4.39 Å². The zero-order chi connectivity index (χ0) is 10.3. The van der Waals surface area contributed by atoms with Crippen molar-refractivity contribution in [3.05, 3.63) is 35.0 Å². The first kappa shape index (κ1) is 9.31. The molecule has 0 saturated heterocycles. The van der Waals surface area contributed by atoms with Crippen LogP contribution in [0.25, 0.3) is 10.1 Å². The van der Waals surface area contributed by atoms with Crippen molar-refractivity contribution in [2.24, 2.45) is 0 Å². The van der Waals surface area contributed by atoms with Gasteiger partial charge in [0.05, 0.1) is 0 Å². The Balaban J connectivity index is 1.88. The van der Waals surface area contributed by atoms with Crippen molar-refractivity contribution in [3.8, 4) is 0 Å². The van der Waals surface area contributed by atoms with Crippen LogP contribution in [0, 0.1) is 5.82 Å². The number of hydrogen-bond acceptors (Lipinski definition) is 2. The highest BCUT2D eigenvalue weighted by Gasteiger charge is 2.20. The average Bonchev–Trinajstić information content (AvgIpc) is 2.95. The van der Waals surface area contributed by atoms with E-state index in [0.29, 0.717) is 6.04 Å². The molecule has 0 spiro atoms. The molecule has 15 heavy (non-hydrogen) atoms. The molecular weight excluding hydrogens is 209 g/mol. The summed E-state index contributed by atoms with van der Waals surface area (Å²) in [6.45, 7) is 0.878. The average molecular weight is 221 g/mol. The predicted molar refractivity (Wildman–Crippen MR) is 61.6 cm³/mol. The first-order chi connectivity index (χ1) is 7.33. The van der Waals surface area contributed by atoms with Crippen LogP contribution in [0.3, 0.4) is 0 Å². The number of hydrogen-bond donors (Lipinski definition) is 1. The van der Waals surface area contributed by atoms with Gasteiger partial charge in [-0.05, 0) is 31.0 Å². The van der Waals surface area contributed by atoms with E-state index >= 15 is 0 Å². The minimum atomic E-state index is -0.110. The van der Waals surface area contributed by atoms with Gasteiger partial charge >= 0.3 is 0 Å². The molecule has 1 heterocycles. The summed E-state index contributed by atoms with van der Waals surface area (Å²) < 4.78 is 14.4. The van der Waals surface area contributed by atoms with Crippen LogP contribution < -0.4 is 5.32 Å². The molecular formula is C12H12FNS. The normalized spacial score (nSPS) is 16.1. The van der Waals surface area contributed by atoms with E-state index in [1.165, 1.54) is 23.8 Å². The number of benzene rings is 1. The number of rotatable bonds is 3. The lowest BCUT2D eigenvalue weighted by Crippen LogP contribution is -2.14. The van der Waals surface area contributed by atoms with E-state index in [0.717, 1.165) is 16.6 Å². The van der Waals surface area contributed by atoms with E-state index in [4.69, 9.17) is 0 Å². The highest BCUT2D eigenvalue weighted by molar-refractivity contribution is 7.19. The van der Waals surface area contributed by atoms with Gasteiger partial charge in [0.15, 0.2) is 0 Å². The summed E-state index contributed by atoms with van der Waals surface area (Å²) in [7, 11) is 0. The lowest BCUT2D eigenvalue weighted by atomic mass is 10.2. The Hall–Kier alpha value is -0.930. The predicted octanol–water partition coefficient (Wildman–Crippen LogP) is 3.29. The Morgan fingerprint density at radius 1 is 1.40 bits per heavy atom. The molecule has 1 aliphatic rings. The van der Waals surface area contributed by atoms with Crippen LogP contribution in [-0.2, 0) is 6.54 Å². The van der Waals surface area contributed by atoms with Gasteiger partial charge in [-0.1, -0.05) is 6.07 Å². The zero-order valence-electron chi connectivity index (χ0n) is 8.29. The van der Waals surface area contributed by atoms with E-state index in [9.17, 15) is 4.39 Å². The molecule has 3 heteroatoms. The van der Waals surface area contributed by atoms with E-state index in [1.54, 1.807) is 17.4 Å². The van der Waals surface area contributed by atoms with Crippen molar-refractivity contribution in [3.63, 3.8) is 0 Å². The van der Waals surface area contributed by atoms with Crippen molar-refractivity contribution in [1.82, 2.24) is 5.32 Å². The van der Waals surface area contributed by atoms with E-state index in [2.05, 4.69) is 5.32 Å². The highest BCUT2D eigenvalue weighted by atomic mass is 32.1. The fourth-order valence-corrected chi connectivity index (χ4v) is 2.73. The van der Waals surface area contributed by atoms with E-state index in [1.807, 2.05) is 12.1 Å². The van der Waals surface area contributed by atoms with Gasteiger partial charge in [-0.3, -0.25) is 0 Å². The van der Waals surface area contributed by atoms with Crippen LogP contribution in [0.4, 0.5) is 4.39 Å². The Kier molecular flexibility index (Phi) is 2.22. The number of nitrogens with one attached hydrogen (secondary N) is 1. The van der Waals surface area contributed by atoms with Crippen LogP contribution in [0.2, 0.25) is 0 Å². The third kappa shape index (κ3) is 1.90. The fraction of sp³-hybridized carbons (Fsp3) is 0.333. The lowest BCUT2D eigenvalue weighted by Gasteiger charge is -1.97. The summed E-state index contributed by atoms with van der Waals surface area (Å²) in [5, 5.41) is 4.20. The van der Waals surface area contributed by atoms with Crippen molar-refractivity contribution < 1.29 is 4.39 Å². The van der Waals surface area contributed by atoms with Gasteiger partial charge in [-0.2, -0.15) is 0 Å². The third-order valence-electron chi connectivity index (χ3n) is 2.70. The molecule has 1 aliphatic carbocycles. The monoisotopic (exact) mass is 221 g/mol. The summed E-state index contributed by atoms with van der Waals surface area (Å²) in [5.74, 6) is -0.110. The summed E-state index contributed by atoms with van der Waals surface area (Å²) in [5.41, 5.74) is 0. The molecule has 2 aromatic rings. The molecule has 1 aromatic heterocycles. The van der Waals surface area contributed by atoms with Crippen molar-refractivity contribution >= 4 is 21.4 Å². The molecule has 0 radical (unpaired) electrons. The first-order valence-corrected chi connectivity index (χ1v) is 6.05. The van der Waals surface area contributed by atoms with Gasteiger partial charge < -0.3 is 5.32 Å². The lowest BCUT2D eigenvalue weighted by molar-refractivity contribution is 0.640. The molecule has 0 atom stereocenters. The quantitative estimate of drug-likeness (QED) is 0.838. The minimum absolute atomic E-state index is 0.110. The van der Waals surface area contributed by atoms with Crippen molar-refractivity contribution in [2.75, 3.05) is 0 Å². The van der Waals surface area contributed by atoms with Crippen LogP contribution >= 0.6 is 11.3 Å². The second kappa shape index (κ2) is 3.58. The third-order valence-corrected chi connectivity index (χ3v) is 3.80. The molecule has 0 bridgehead atoms. The Morgan fingerprint density at radius 2 is 2.27 bits per heavy atom. The smallest absolute Gasteiger partial charge is 0.131 e. The SMILES string of the molecule is Fc1cccc2sc(CNC3CC3)cc12. The Labute approximate surface area is 91.9 Å². The molecule has 1 aromatic carbocycles. The maximum atomic E-state index is 13.4. The summed E-state index contributed by atoms with van der Waals surface area (Å²) in [4.78, 5) is 1.22. The van der Waals surface area contributed by atoms with Crippen molar-refractivity contribution in [2.45, 2.75) is 25.4 Å². The summed E-state index contributed by atoms with van der Waals surface area (Å²) in [6.07, 6.45) is 2.58. The zero-order valence-corrected chi connectivity index (χ0v) is 9.11. The molecule has 78 valence electrons. The number of thiophene rings is 1. The van der Waals surface area contributed by atoms with Crippen molar-refractivity contribution in [1.29, 1.82) is 0 Å². The minimum Gasteiger partial charge on any atom is -0.309 e. The highest BCUT2D eigenvalue weighted by Crippen LogP contribution is 2.28. The molecule has 0 amide bonds. The molecule has 3 rings (SSSR count). The van der Waals surface area contributed by atoms with Gasteiger partial charge in [-0.15, -0.1) is 11.3 Å². The maximum Gasteiger partial charge on any atom is 0.131 e. The van der Waals surface area contributed by atoms with E-state index in [-0.39, 0.29) is 5.82 Å². The van der Waals surface area contributed by atoms with Gasteiger partial charge in [0.1, 0.15) is 5.82 Å². The molecule has 1 fully saturated rings. The summed E-state index contributed by atoms with van der Waals surface area (Å²) >= 11 is 1.68. The number of halogens is 1. The van der Waals surface area contributed by atoms with Crippen LogP contribution in [-0.4, -0.2) is 6.04 Å². The standard InChI is InChI=1S/C12H12FNS/c13-11-2-1-3-12-10(11)6-9(15-12)7-14-8-4-5-8/h1-3,6,8,14H,4-5,7H2. The molecule has 0 aliphatic heterocycles. The Bertz CT molecular complexity index is 487. The van der Waals surface area contributed by atoms with Crippen LogP contribution in [0.1, 0.15) is 17.7 Å². The summed E-state index contributed by atoms with van der Waals surface area (Å²) in [6, 6.07) is 7.94. The Morgan fingerprint density at radius 3 is 3.00 bits per heavy atom. The maximum absolute atomic E-state index is 13.4. The molecule has 1 saturated carbocycles. The van der Waals surface area contributed by atoms with Gasteiger partial charge in [0, 0.05) is 27.5 Å².